The van der Waals surface area contributed by atoms with Crippen molar-refractivity contribution in [1.82, 2.24) is 10.6 Å². The topological polar surface area (TPSA) is 79.8 Å². The van der Waals surface area contributed by atoms with E-state index < -0.39 is 9.84 Å². The van der Waals surface area contributed by atoms with Crippen LogP contribution in [0.15, 0.2) is 4.99 Å². The lowest BCUT2D eigenvalue weighted by molar-refractivity contribution is 0.117. The first-order valence-corrected chi connectivity index (χ1v) is 9.61. The second kappa shape index (κ2) is 13.4. The average molecular weight is 449 g/mol. The van der Waals surface area contributed by atoms with Crippen molar-refractivity contribution in [3.63, 3.8) is 0 Å². The van der Waals surface area contributed by atoms with Gasteiger partial charge in [-0.25, -0.2) is 8.42 Å². The van der Waals surface area contributed by atoms with Crippen LogP contribution in [0.3, 0.4) is 0 Å². The molecule has 0 rings (SSSR count). The monoisotopic (exact) mass is 449 g/mol. The van der Waals surface area contributed by atoms with Crippen LogP contribution in [0.1, 0.15) is 34.1 Å². The Bertz CT molecular complexity index is 400. The number of guanidine groups is 1. The lowest BCUT2D eigenvalue weighted by atomic mass is 10.2. The summed E-state index contributed by atoms with van der Waals surface area (Å²) >= 11 is 0. The van der Waals surface area contributed by atoms with Gasteiger partial charge < -0.3 is 15.4 Å². The molecule has 134 valence electrons. The molecule has 0 saturated heterocycles. The summed E-state index contributed by atoms with van der Waals surface area (Å²) in [5.41, 5.74) is 0. The highest BCUT2D eigenvalue weighted by atomic mass is 127. The molecule has 22 heavy (non-hydrogen) atoms. The van der Waals surface area contributed by atoms with E-state index in [1.165, 1.54) is 6.26 Å². The molecule has 0 aliphatic rings. The van der Waals surface area contributed by atoms with Crippen molar-refractivity contribution in [3.05, 3.63) is 0 Å². The lowest BCUT2D eigenvalue weighted by Gasteiger charge is -2.17. The molecule has 0 aliphatic heterocycles. The predicted molar refractivity (Wildman–Crippen MR) is 104 cm³/mol. The number of sulfone groups is 1. The largest absolute Gasteiger partial charge is 0.379 e. The fourth-order valence-electron chi connectivity index (χ4n) is 1.56. The predicted octanol–water partition coefficient (Wildman–Crippen LogP) is 1.66. The third-order valence-corrected chi connectivity index (χ3v) is 3.58. The highest BCUT2D eigenvalue weighted by Gasteiger charge is 2.09. The van der Waals surface area contributed by atoms with Crippen molar-refractivity contribution in [2.75, 3.05) is 38.3 Å². The van der Waals surface area contributed by atoms with Crippen molar-refractivity contribution in [2.45, 2.75) is 40.2 Å². The van der Waals surface area contributed by atoms with E-state index in [0.717, 1.165) is 13.2 Å². The summed E-state index contributed by atoms with van der Waals surface area (Å²) in [5.74, 6) is 1.40. The van der Waals surface area contributed by atoms with Crippen molar-refractivity contribution in [3.8, 4) is 0 Å². The van der Waals surface area contributed by atoms with E-state index in [4.69, 9.17) is 4.74 Å². The summed E-state index contributed by atoms with van der Waals surface area (Å²) in [6.07, 6.45) is 1.82. The van der Waals surface area contributed by atoms with Gasteiger partial charge in [-0.15, -0.1) is 24.0 Å². The highest BCUT2D eigenvalue weighted by Crippen LogP contribution is 1.96. The maximum Gasteiger partial charge on any atom is 0.191 e. The Morgan fingerprint density at radius 2 is 1.91 bits per heavy atom. The molecular formula is C14H32IN3O3S. The molecule has 1 atom stereocenters. The number of nitrogens with one attached hydrogen (secondary N) is 2. The van der Waals surface area contributed by atoms with E-state index in [-0.39, 0.29) is 35.8 Å². The van der Waals surface area contributed by atoms with Gasteiger partial charge in [0.25, 0.3) is 0 Å². The fraction of sp³-hybridized carbons (Fsp3) is 0.929. The summed E-state index contributed by atoms with van der Waals surface area (Å²) in [6.45, 7) is 10.8. The first-order chi connectivity index (χ1) is 9.74. The number of nitrogens with zero attached hydrogens (tertiary/aromatic N) is 1. The van der Waals surface area contributed by atoms with E-state index in [0.29, 0.717) is 31.4 Å². The second-order valence-corrected chi connectivity index (χ2v) is 7.95. The van der Waals surface area contributed by atoms with Crippen LogP contribution in [0.4, 0.5) is 0 Å². The number of ether oxygens (including phenoxy) is 1. The van der Waals surface area contributed by atoms with Gasteiger partial charge in [0.15, 0.2) is 5.96 Å². The molecule has 0 saturated carbocycles. The van der Waals surface area contributed by atoms with Crippen molar-refractivity contribution < 1.29 is 13.2 Å². The van der Waals surface area contributed by atoms with Crippen LogP contribution in [-0.2, 0) is 14.6 Å². The molecule has 6 nitrogen and oxygen atoms in total. The van der Waals surface area contributed by atoms with Gasteiger partial charge in [0.2, 0.25) is 0 Å². The standard InChI is InChI=1S/C14H31N3O3S.HI/c1-6-15-14(16-8-9-20-11-12(2)3)17-13(4)7-10-21(5,18)19;/h12-13H,6-11H2,1-5H3,(H2,15,16,17);1H. The number of hydrogen-bond donors (Lipinski definition) is 2. The molecule has 2 N–H and O–H groups in total. The van der Waals surface area contributed by atoms with Crippen molar-refractivity contribution in [1.29, 1.82) is 0 Å². The minimum atomic E-state index is -2.92. The Morgan fingerprint density at radius 3 is 2.41 bits per heavy atom. The first-order valence-electron chi connectivity index (χ1n) is 7.55. The zero-order chi connectivity index (χ0) is 16.3. The van der Waals surface area contributed by atoms with Crippen LogP contribution in [-0.4, -0.2) is 58.7 Å². The molecule has 0 amide bonds. The minimum absolute atomic E-state index is 0. The second-order valence-electron chi connectivity index (χ2n) is 5.69. The quantitative estimate of drug-likeness (QED) is 0.230. The normalized spacial score (nSPS) is 13.6. The van der Waals surface area contributed by atoms with Crippen LogP contribution >= 0.6 is 24.0 Å². The zero-order valence-corrected chi connectivity index (χ0v) is 17.5. The van der Waals surface area contributed by atoms with E-state index in [9.17, 15) is 8.42 Å². The molecule has 0 heterocycles. The van der Waals surface area contributed by atoms with Gasteiger partial charge in [-0.2, -0.15) is 0 Å². The summed E-state index contributed by atoms with van der Waals surface area (Å²) < 4.78 is 27.8. The maximum atomic E-state index is 11.2. The lowest BCUT2D eigenvalue weighted by Crippen LogP contribution is -2.43. The summed E-state index contributed by atoms with van der Waals surface area (Å²) in [4.78, 5) is 4.41. The van der Waals surface area contributed by atoms with Crippen LogP contribution in [0.25, 0.3) is 0 Å². The van der Waals surface area contributed by atoms with Gasteiger partial charge in [-0.1, -0.05) is 13.8 Å². The van der Waals surface area contributed by atoms with Crippen molar-refractivity contribution in [2.24, 2.45) is 10.9 Å². The Kier molecular flexibility index (Phi) is 14.7. The molecule has 0 radical (unpaired) electrons. The molecule has 0 fully saturated rings. The van der Waals surface area contributed by atoms with Crippen LogP contribution < -0.4 is 10.6 Å². The third kappa shape index (κ3) is 16.3. The van der Waals surface area contributed by atoms with Gasteiger partial charge in [-0.3, -0.25) is 4.99 Å². The maximum absolute atomic E-state index is 11.2. The highest BCUT2D eigenvalue weighted by molar-refractivity contribution is 14.0. The van der Waals surface area contributed by atoms with E-state index in [1.807, 2.05) is 13.8 Å². The number of aliphatic imine (C=N–C) groups is 1. The minimum Gasteiger partial charge on any atom is -0.379 e. The molecule has 0 aromatic heterocycles. The van der Waals surface area contributed by atoms with Crippen LogP contribution in [0.2, 0.25) is 0 Å². The Labute approximate surface area is 152 Å². The molecule has 1 unspecified atom stereocenters. The molecule has 0 spiro atoms. The van der Waals surface area contributed by atoms with Crippen molar-refractivity contribution >= 4 is 39.8 Å². The average Bonchev–Trinajstić information content (AvgIpc) is 2.35. The summed E-state index contributed by atoms with van der Waals surface area (Å²) in [7, 11) is -2.92. The van der Waals surface area contributed by atoms with E-state index in [2.05, 4.69) is 29.5 Å². The Hall–Kier alpha value is -0.0900. The smallest absolute Gasteiger partial charge is 0.191 e. The van der Waals surface area contributed by atoms with Gasteiger partial charge >= 0.3 is 0 Å². The van der Waals surface area contributed by atoms with Crippen LogP contribution in [0.5, 0.6) is 0 Å². The van der Waals surface area contributed by atoms with Gasteiger partial charge in [-0.05, 0) is 26.2 Å². The van der Waals surface area contributed by atoms with Gasteiger partial charge in [0.05, 0.1) is 18.9 Å². The molecular weight excluding hydrogens is 417 g/mol. The molecule has 0 aromatic carbocycles. The Morgan fingerprint density at radius 1 is 1.27 bits per heavy atom. The summed E-state index contributed by atoms with van der Waals surface area (Å²) in [6, 6.07) is 0.0501. The number of halogens is 1. The van der Waals surface area contributed by atoms with Crippen LogP contribution in [0, 0.1) is 5.92 Å². The van der Waals surface area contributed by atoms with Gasteiger partial charge in [0, 0.05) is 25.4 Å². The first kappa shape index (κ1) is 24.2. The zero-order valence-electron chi connectivity index (χ0n) is 14.4. The van der Waals surface area contributed by atoms with E-state index in [1.54, 1.807) is 0 Å². The Balaban J connectivity index is 0. The summed E-state index contributed by atoms with van der Waals surface area (Å²) in [5, 5.41) is 6.35. The molecule has 0 aliphatic carbocycles. The fourth-order valence-corrected chi connectivity index (χ4v) is 2.34. The SMILES string of the molecule is CCNC(=NCCOCC(C)C)NC(C)CCS(C)(=O)=O.I. The third-order valence-electron chi connectivity index (χ3n) is 2.61. The van der Waals surface area contributed by atoms with E-state index >= 15 is 0 Å². The molecule has 0 aromatic rings. The number of rotatable bonds is 10. The number of hydrogen-bond acceptors (Lipinski definition) is 4. The van der Waals surface area contributed by atoms with Gasteiger partial charge in [0.1, 0.15) is 9.84 Å². The molecule has 0 bridgehead atoms. The molecule has 8 heteroatoms.